The lowest BCUT2D eigenvalue weighted by molar-refractivity contribution is 0.0155. The number of ether oxygens (including phenoxy) is 1. The van der Waals surface area contributed by atoms with Gasteiger partial charge in [-0.2, -0.15) is 0 Å². The number of halogens is 1. The molecule has 0 aliphatic heterocycles. The number of hydrogen-bond acceptors (Lipinski definition) is 7. The van der Waals surface area contributed by atoms with E-state index in [0.29, 0.717) is 36.0 Å². The fraction of sp³-hybridized carbons (Fsp3) is 0.562. The lowest BCUT2D eigenvalue weighted by Crippen LogP contribution is -2.26. The van der Waals surface area contributed by atoms with E-state index < -0.39 is 13.2 Å². The second-order valence-corrected chi connectivity index (χ2v) is 8.51. The maximum absolute atomic E-state index is 12.6. The van der Waals surface area contributed by atoms with Crippen molar-refractivity contribution in [2.75, 3.05) is 19.6 Å². The van der Waals surface area contributed by atoms with Crippen molar-refractivity contribution in [2.24, 2.45) is 0 Å². The Balaban J connectivity index is 1.72. The molecule has 0 saturated heterocycles. The van der Waals surface area contributed by atoms with E-state index in [4.69, 9.17) is 25.4 Å². The van der Waals surface area contributed by atoms with E-state index in [2.05, 4.69) is 15.0 Å². The maximum Gasteiger partial charge on any atom is 0.356 e. The SMILES string of the molecule is CCOP(=O)(CO[C@]1(C)C=C[C@H](n2cnc3c(Cl)ncnc32)C1)OCC. The molecule has 8 nitrogen and oxygen atoms in total. The molecule has 0 bridgehead atoms. The maximum atomic E-state index is 12.6. The molecule has 0 fully saturated rings. The van der Waals surface area contributed by atoms with Crippen LogP contribution >= 0.6 is 19.2 Å². The normalized spacial score (nSPS) is 23.2. The van der Waals surface area contributed by atoms with Gasteiger partial charge < -0.3 is 18.4 Å². The van der Waals surface area contributed by atoms with Gasteiger partial charge in [-0.15, -0.1) is 0 Å². The molecule has 2 atom stereocenters. The van der Waals surface area contributed by atoms with Gasteiger partial charge >= 0.3 is 7.60 Å². The molecule has 1 aliphatic rings. The van der Waals surface area contributed by atoms with E-state index in [0.717, 1.165) is 0 Å². The van der Waals surface area contributed by atoms with Crippen LogP contribution in [0.3, 0.4) is 0 Å². The molecule has 10 heteroatoms. The number of rotatable bonds is 8. The molecule has 0 radical (unpaired) electrons. The molecule has 2 aromatic heterocycles. The predicted molar refractivity (Wildman–Crippen MR) is 98.3 cm³/mol. The van der Waals surface area contributed by atoms with Crippen LogP contribution in [-0.4, -0.2) is 44.7 Å². The number of fused-ring (bicyclic) bond motifs is 1. The van der Waals surface area contributed by atoms with Crippen LogP contribution in [0, 0.1) is 0 Å². The fourth-order valence-corrected chi connectivity index (χ4v) is 4.60. The van der Waals surface area contributed by atoms with E-state index in [-0.39, 0.29) is 12.4 Å². The molecule has 0 N–H and O–H groups in total. The van der Waals surface area contributed by atoms with Crippen LogP contribution < -0.4 is 0 Å². The van der Waals surface area contributed by atoms with Crippen molar-refractivity contribution in [3.05, 3.63) is 30.0 Å². The molecule has 3 rings (SSSR count). The van der Waals surface area contributed by atoms with Crippen molar-refractivity contribution in [3.63, 3.8) is 0 Å². The highest BCUT2D eigenvalue weighted by molar-refractivity contribution is 7.53. The first-order valence-corrected chi connectivity index (χ1v) is 10.5. The average molecular weight is 401 g/mol. The monoisotopic (exact) mass is 400 g/mol. The van der Waals surface area contributed by atoms with Crippen molar-refractivity contribution < 1.29 is 18.3 Å². The zero-order valence-corrected chi connectivity index (χ0v) is 16.6. The van der Waals surface area contributed by atoms with Gasteiger partial charge in [0.25, 0.3) is 0 Å². The van der Waals surface area contributed by atoms with Gasteiger partial charge in [-0.3, -0.25) is 4.57 Å². The summed E-state index contributed by atoms with van der Waals surface area (Å²) in [4.78, 5) is 12.5. The molecule has 2 heterocycles. The lowest BCUT2D eigenvalue weighted by Gasteiger charge is -2.27. The summed E-state index contributed by atoms with van der Waals surface area (Å²) in [5.41, 5.74) is 0.634. The van der Waals surface area contributed by atoms with E-state index in [9.17, 15) is 4.57 Å². The van der Waals surface area contributed by atoms with Gasteiger partial charge in [-0.25, -0.2) is 15.0 Å². The van der Waals surface area contributed by atoms with Crippen molar-refractivity contribution in [2.45, 2.75) is 38.8 Å². The summed E-state index contributed by atoms with van der Waals surface area (Å²) in [6, 6.07) is -0.00506. The van der Waals surface area contributed by atoms with Crippen LogP contribution in [0.15, 0.2) is 24.8 Å². The third-order valence-electron chi connectivity index (χ3n) is 4.16. The van der Waals surface area contributed by atoms with Crippen LogP contribution in [0.1, 0.15) is 33.2 Å². The zero-order valence-electron chi connectivity index (χ0n) is 15.0. The topological polar surface area (TPSA) is 88.4 Å². The van der Waals surface area contributed by atoms with Gasteiger partial charge in [0.1, 0.15) is 18.2 Å². The average Bonchev–Trinajstić information content (AvgIpc) is 3.19. The fourth-order valence-electron chi connectivity index (χ4n) is 2.96. The van der Waals surface area contributed by atoms with Gasteiger partial charge in [0.05, 0.1) is 31.2 Å². The molecule has 1 aliphatic carbocycles. The van der Waals surface area contributed by atoms with Crippen LogP contribution in [0.25, 0.3) is 11.2 Å². The summed E-state index contributed by atoms with van der Waals surface area (Å²) in [5.74, 6) is 0. The molecular weight excluding hydrogens is 379 g/mol. The first-order chi connectivity index (χ1) is 12.4. The minimum Gasteiger partial charge on any atom is -0.358 e. The number of nitrogens with zero attached hydrogens (tertiary/aromatic N) is 4. The molecule has 0 unspecified atom stereocenters. The Hall–Kier alpha value is -1.31. The molecule has 0 spiro atoms. The van der Waals surface area contributed by atoms with Gasteiger partial charge in [0, 0.05) is 6.42 Å². The van der Waals surface area contributed by atoms with E-state index in [1.165, 1.54) is 6.33 Å². The Labute approximate surface area is 157 Å². The third kappa shape index (κ3) is 4.00. The molecule has 142 valence electrons. The van der Waals surface area contributed by atoms with E-state index in [1.54, 1.807) is 20.2 Å². The molecule has 26 heavy (non-hydrogen) atoms. The van der Waals surface area contributed by atoms with Gasteiger partial charge in [-0.1, -0.05) is 23.8 Å². The van der Waals surface area contributed by atoms with Crippen LogP contribution in [0.5, 0.6) is 0 Å². The van der Waals surface area contributed by atoms with Crippen molar-refractivity contribution in [3.8, 4) is 0 Å². The van der Waals surface area contributed by atoms with Gasteiger partial charge in [0.2, 0.25) is 0 Å². The Kier molecular flexibility index (Phi) is 5.79. The standard InChI is InChI=1S/C16H22ClN4O4P/c1-4-24-26(22,25-5-2)11-23-16(3)7-6-12(8-16)21-10-20-13-14(17)18-9-19-15(13)21/h6-7,9-10,12H,4-5,8,11H2,1-3H3/t12-,16+/m0/s1. The smallest absolute Gasteiger partial charge is 0.356 e. The first-order valence-electron chi connectivity index (χ1n) is 8.44. The highest BCUT2D eigenvalue weighted by atomic mass is 35.5. The van der Waals surface area contributed by atoms with Crippen molar-refractivity contribution in [1.82, 2.24) is 19.5 Å². The van der Waals surface area contributed by atoms with Crippen LogP contribution in [0.2, 0.25) is 5.15 Å². The summed E-state index contributed by atoms with van der Waals surface area (Å²) in [6.07, 6.45) is 7.62. The largest absolute Gasteiger partial charge is 0.358 e. The lowest BCUT2D eigenvalue weighted by atomic mass is 10.1. The Morgan fingerprint density at radius 1 is 1.31 bits per heavy atom. The molecular formula is C16H22ClN4O4P. The number of hydrogen-bond donors (Lipinski definition) is 0. The third-order valence-corrected chi connectivity index (χ3v) is 6.19. The molecule has 0 saturated carbocycles. The quantitative estimate of drug-likeness (QED) is 0.376. The van der Waals surface area contributed by atoms with E-state index >= 15 is 0 Å². The highest BCUT2D eigenvalue weighted by Gasteiger charge is 2.36. The molecule has 0 aromatic carbocycles. The second-order valence-electron chi connectivity index (χ2n) is 6.15. The van der Waals surface area contributed by atoms with Gasteiger partial charge in [0.15, 0.2) is 10.8 Å². The Morgan fingerprint density at radius 3 is 2.73 bits per heavy atom. The number of allylic oxidation sites excluding steroid dienone is 1. The second kappa shape index (κ2) is 7.74. The molecule has 0 amide bonds. The summed E-state index contributed by atoms with van der Waals surface area (Å²) in [5, 5.41) is 0.323. The molecule has 2 aromatic rings. The Morgan fingerprint density at radius 2 is 2.04 bits per heavy atom. The van der Waals surface area contributed by atoms with E-state index in [1.807, 2.05) is 23.6 Å². The summed E-state index contributed by atoms with van der Waals surface area (Å²) in [7, 11) is -3.25. The van der Waals surface area contributed by atoms with Crippen molar-refractivity contribution in [1.29, 1.82) is 0 Å². The summed E-state index contributed by atoms with van der Waals surface area (Å²) >= 11 is 6.06. The van der Waals surface area contributed by atoms with Crippen LogP contribution in [0.4, 0.5) is 0 Å². The minimum atomic E-state index is -3.25. The zero-order chi connectivity index (χ0) is 18.8. The Bertz CT molecular complexity index is 848. The summed E-state index contributed by atoms with van der Waals surface area (Å²) in [6.45, 7) is 6.09. The first kappa shape index (κ1) is 19.5. The minimum absolute atomic E-state index is 0.00506. The highest BCUT2D eigenvalue weighted by Crippen LogP contribution is 2.49. The van der Waals surface area contributed by atoms with Crippen molar-refractivity contribution >= 4 is 30.4 Å². The predicted octanol–water partition coefficient (Wildman–Crippen LogP) is 3.98. The van der Waals surface area contributed by atoms with Gasteiger partial charge in [-0.05, 0) is 20.8 Å². The van der Waals surface area contributed by atoms with Crippen LogP contribution in [-0.2, 0) is 18.3 Å². The number of imidazole rings is 1. The number of aromatic nitrogens is 4. The summed E-state index contributed by atoms with van der Waals surface area (Å²) < 4.78 is 31.0.